The number of carbonyl (C=O) groups excluding carboxylic acids is 1. The molecule has 1 aromatic carbocycles. The van der Waals surface area contributed by atoms with Crippen LogP contribution in [0.5, 0.6) is 0 Å². The van der Waals surface area contributed by atoms with Gasteiger partial charge in [0.25, 0.3) is 0 Å². The van der Waals surface area contributed by atoms with Crippen molar-refractivity contribution >= 4 is 29.2 Å². The number of rotatable bonds is 5. The summed E-state index contributed by atoms with van der Waals surface area (Å²) in [5, 5.41) is 3.75. The lowest BCUT2D eigenvalue weighted by atomic mass is 9.92. The van der Waals surface area contributed by atoms with E-state index < -0.39 is 0 Å². The van der Waals surface area contributed by atoms with Gasteiger partial charge in [0.2, 0.25) is 5.91 Å². The summed E-state index contributed by atoms with van der Waals surface area (Å²) in [5.41, 5.74) is 1.99. The number of hydrogen-bond donors (Lipinski definition) is 1. The highest BCUT2D eigenvalue weighted by atomic mass is 32.2. The number of hydrogen-bond acceptors (Lipinski definition) is 5. The molecular formula is C20H26N4OS. The fourth-order valence-corrected chi connectivity index (χ4v) is 4.07. The van der Waals surface area contributed by atoms with Crippen LogP contribution in [0.4, 0.5) is 11.5 Å². The lowest BCUT2D eigenvalue weighted by Crippen LogP contribution is -2.39. The van der Waals surface area contributed by atoms with Crippen LogP contribution in [-0.4, -0.2) is 34.7 Å². The van der Waals surface area contributed by atoms with Crippen molar-refractivity contribution < 1.29 is 4.79 Å². The summed E-state index contributed by atoms with van der Waals surface area (Å²) in [6, 6.07) is 9.80. The maximum absolute atomic E-state index is 12.2. The molecule has 1 saturated heterocycles. The summed E-state index contributed by atoms with van der Waals surface area (Å²) in [5.74, 6) is 2.60. The molecule has 0 radical (unpaired) electrons. The minimum atomic E-state index is -0.0285. The first-order valence-electron chi connectivity index (χ1n) is 9.06. The first-order valence-corrected chi connectivity index (χ1v) is 10.0. The van der Waals surface area contributed by atoms with Crippen LogP contribution in [-0.2, 0) is 4.79 Å². The van der Waals surface area contributed by atoms with E-state index in [9.17, 15) is 4.79 Å². The quantitative estimate of drug-likeness (QED) is 0.637. The highest BCUT2D eigenvalue weighted by Gasteiger charge is 2.23. The van der Waals surface area contributed by atoms with E-state index in [4.69, 9.17) is 0 Å². The van der Waals surface area contributed by atoms with E-state index >= 15 is 0 Å². The third kappa shape index (κ3) is 5.21. The Balaban J connectivity index is 1.56. The van der Waals surface area contributed by atoms with Crippen molar-refractivity contribution in [3.05, 3.63) is 42.2 Å². The van der Waals surface area contributed by atoms with Crippen molar-refractivity contribution in [2.45, 2.75) is 32.2 Å². The average molecular weight is 371 g/mol. The number of anilines is 2. The van der Waals surface area contributed by atoms with Crippen molar-refractivity contribution in [2.24, 2.45) is 11.8 Å². The normalized spacial score (nSPS) is 20.0. The van der Waals surface area contributed by atoms with Crippen LogP contribution in [0.3, 0.4) is 0 Å². The second kappa shape index (κ2) is 8.54. The Morgan fingerprint density at radius 2 is 1.88 bits per heavy atom. The van der Waals surface area contributed by atoms with Gasteiger partial charge in [0, 0.05) is 24.8 Å². The minimum absolute atomic E-state index is 0.0285. The zero-order valence-corrected chi connectivity index (χ0v) is 16.4. The summed E-state index contributed by atoms with van der Waals surface area (Å²) in [4.78, 5) is 23.2. The summed E-state index contributed by atoms with van der Waals surface area (Å²) in [6.07, 6.45) is 2.86. The number of benzene rings is 1. The fraction of sp³-hybridized carbons (Fsp3) is 0.450. The molecule has 3 rings (SSSR count). The lowest BCUT2D eigenvalue weighted by molar-refractivity contribution is -0.113. The third-order valence-electron chi connectivity index (χ3n) is 4.51. The number of nitrogens with zero attached hydrogens (tertiary/aromatic N) is 3. The SMILES string of the molecule is Cc1ccc(NC(=O)CSc2cc(N3C[C@H](C)C[C@@H](C)C3)ncn2)cc1. The molecule has 1 N–H and O–H groups in total. The van der Waals surface area contributed by atoms with E-state index in [1.807, 2.05) is 37.3 Å². The molecule has 0 spiro atoms. The molecule has 138 valence electrons. The van der Waals surface area contributed by atoms with Gasteiger partial charge in [-0.15, -0.1) is 0 Å². The first kappa shape index (κ1) is 18.7. The van der Waals surface area contributed by atoms with Gasteiger partial charge in [-0.2, -0.15) is 0 Å². The predicted octanol–water partition coefficient (Wildman–Crippen LogP) is 4.00. The van der Waals surface area contributed by atoms with Crippen LogP contribution in [0.25, 0.3) is 0 Å². The molecule has 1 aliphatic heterocycles. The molecule has 0 aliphatic carbocycles. The second-order valence-corrected chi connectivity index (χ2v) is 8.26. The molecule has 0 bridgehead atoms. The second-order valence-electron chi connectivity index (χ2n) is 7.27. The molecule has 2 atom stereocenters. The summed E-state index contributed by atoms with van der Waals surface area (Å²) in [6.45, 7) is 8.65. The summed E-state index contributed by atoms with van der Waals surface area (Å²) >= 11 is 1.44. The molecule has 1 aliphatic rings. The highest BCUT2D eigenvalue weighted by molar-refractivity contribution is 7.99. The molecule has 1 fully saturated rings. The zero-order chi connectivity index (χ0) is 18.5. The summed E-state index contributed by atoms with van der Waals surface area (Å²) < 4.78 is 0. The van der Waals surface area contributed by atoms with E-state index in [-0.39, 0.29) is 5.91 Å². The molecule has 1 amide bonds. The topological polar surface area (TPSA) is 58.1 Å². The Bertz CT molecular complexity index is 740. The lowest BCUT2D eigenvalue weighted by Gasteiger charge is -2.35. The van der Waals surface area contributed by atoms with Crippen LogP contribution in [0.15, 0.2) is 41.7 Å². The molecule has 0 saturated carbocycles. The first-order chi connectivity index (χ1) is 12.5. The minimum Gasteiger partial charge on any atom is -0.356 e. The van der Waals surface area contributed by atoms with Crippen molar-refractivity contribution in [1.29, 1.82) is 0 Å². The maximum Gasteiger partial charge on any atom is 0.234 e. The Morgan fingerprint density at radius 1 is 1.19 bits per heavy atom. The van der Waals surface area contributed by atoms with Crippen molar-refractivity contribution in [1.82, 2.24) is 9.97 Å². The van der Waals surface area contributed by atoms with E-state index in [1.165, 1.54) is 23.7 Å². The largest absolute Gasteiger partial charge is 0.356 e. The van der Waals surface area contributed by atoms with Gasteiger partial charge in [-0.05, 0) is 37.3 Å². The van der Waals surface area contributed by atoms with Crippen molar-refractivity contribution in [3.63, 3.8) is 0 Å². The van der Waals surface area contributed by atoms with E-state index in [0.29, 0.717) is 17.6 Å². The van der Waals surface area contributed by atoms with Gasteiger partial charge < -0.3 is 10.2 Å². The third-order valence-corrected chi connectivity index (χ3v) is 5.43. The molecule has 5 nitrogen and oxygen atoms in total. The van der Waals surface area contributed by atoms with Gasteiger partial charge in [0.1, 0.15) is 17.2 Å². The Kier molecular flexibility index (Phi) is 6.14. The van der Waals surface area contributed by atoms with Gasteiger partial charge in [0.05, 0.1) is 5.75 Å². The van der Waals surface area contributed by atoms with E-state index in [2.05, 4.69) is 34.0 Å². The predicted molar refractivity (Wildman–Crippen MR) is 108 cm³/mol. The number of carbonyl (C=O) groups is 1. The maximum atomic E-state index is 12.2. The van der Waals surface area contributed by atoms with Crippen LogP contribution in [0, 0.1) is 18.8 Å². The number of piperidine rings is 1. The number of aryl methyl sites for hydroxylation is 1. The average Bonchev–Trinajstić information content (AvgIpc) is 2.61. The van der Waals surface area contributed by atoms with E-state index in [0.717, 1.165) is 29.6 Å². The smallest absolute Gasteiger partial charge is 0.234 e. The molecule has 26 heavy (non-hydrogen) atoms. The number of aromatic nitrogens is 2. The standard InChI is InChI=1S/C20H26N4OS/c1-14-4-6-17(7-5-14)23-19(25)12-26-20-9-18(21-13-22-20)24-10-15(2)8-16(3)11-24/h4-7,9,13,15-16H,8,10-12H2,1-3H3,(H,23,25)/t15-,16-/m1/s1. The Morgan fingerprint density at radius 3 is 2.58 bits per heavy atom. The van der Waals surface area contributed by atoms with Gasteiger partial charge in [-0.1, -0.05) is 43.3 Å². The molecular weight excluding hydrogens is 344 g/mol. The molecule has 0 unspecified atom stereocenters. The van der Waals surface area contributed by atoms with Gasteiger partial charge in [-0.25, -0.2) is 9.97 Å². The van der Waals surface area contributed by atoms with Crippen molar-refractivity contribution in [3.8, 4) is 0 Å². The van der Waals surface area contributed by atoms with Crippen LogP contribution in [0.1, 0.15) is 25.8 Å². The fourth-order valence-electron chi connectivity index (χ4n) is 3.41. The van der Waals surface area contributed by atoms with Crippen molar-refractivity contribution in [2.75, 3.05) is 29.1 Å². The Hall–Kier alpha value is -2.08. The zero-order valence-electron chi connectivity index (χ0n) is 15.6. The number of nitrogens with one attached hydrogen (secondary N) is 1. The monoisotopic (exact) mass is 370 g/mol. The molecule has 6 heteroatoms. The highest BCUT2D eigenvalue weighted by Crippen LogP contribution is 2.27. The van der Waals surface area contributed by atoms with Crippen LogP contribution >= 0.6 is 11.8 Å². The van der Waals surface area contributed by atoms with Crippen LogP contribution < -0.4 is 10.2 Å². The van der Waals surface area contributed by atoms with E-state index in [1.54, 1.807) is 6.33 Å². The molecule has 2 heterocycles. The van der Waals surface area contributed by atoms with Crippen LogP contribution in [0.2, 0.25) is 0 Å². The molecule has 2 aromatic rings. The Labute approximate surface area is 159 Å². The van der Waals surface area contributed by atoms with Gasteiger partial charge in [-0.3, -0.25) is 4.79 Å². The number of amides is 1. The van der Waals surface area contributed by atoms with Gasteiger partial charge in [0.15, 0.2) is 0 Å². The summed E-state index contributed by atoms with van der Waals surface area (Å²) in [7, 11) is 0. The molecule has 1 aromatic heterocycles. The van der Waals surface area contributed by atoms with Gasteiger partial charge >= 0.3 is 0 Å². The number of thioether (sulfide) groups is 1.